The minimum Gasteiger partial charge on any atom is -0.547 e. The van der Waals surface area contributed by atoms with Gasteiger partial charge in [0.25, 0.3) is 0 Å². The van der Waals surface area contributed by atoms with Gasteiger partial charge in [0, 0.05) is 6.42 Å². The molecular formula is C20H37NaO4. The van der Waals surface area contributed by atoms with Gasteiger partial charge in [0.2, 0.25) is 0 Å². The van der Waals surface area contributed by atoms with E-state index in [-0.39, 0.29) is 36.0 Å². The summed E-state index contributed by atoms with van der Waals surface area (Å²) in [6, 6.07) is 0. The molecule has 0 aliphatic carbocycles. The van der Waals surface area contributed by atoms with Crippen LogP contribution >= 0.6 is 0 Å². The van der Waals surface area contributed by atoms with E-state index >= 15 is 0 Å². The Hall–Kier alpha value is 0.100. The van der Waals surface area contributed by atoms with Gasteiger partial charge in [0.1, 0.15) is 0 Å². The predicted molar refractivity (Wildman–Crippen MR) is 95.6 cm³/mol. The Morgan fingerprint density at radius 3 is 1.36 bits per heavy atom. The molecule has 0 aliphatic heterocycles. The predicted octanol–water partition coefficient (Wildman–Crippen LogP) is 0.932. The summed E-state index contributed by atoms with van der Waals surface area (Å²) < 4.78 is 0. The van der Waals surface area contributed by atoms with Gasteiger partial charge in [0.15, 0.2) is 11.9 Å². The van der Waals surface area contributed by atoms with Gasteiger partial charge in [-0.2, -0.15) is 0 Å². The molecule has 0 radical (unpaired) electrons. The molecule has 0 saturated heterocycles. The summed E-state index contributed by atoms with van der Waals surface area (Å²) >= 11 is 0. The number of Topliss-reactive ketones (excluding diaryl/α,β-unsaturated/α-hetero) is 1. The largest absolute Gasteiger partial charge is 1.00 e. The Kier molecular flexibility index (Phi) is 22.3. The second-order valence-electron chi connectivity index (χ2n) is 6.89. The van der Waals surface area contributed by atoms with Crippen LogP contribution in [0.5, 0.6) is 0 Å². The first-order valence-corrected chi connectivity index (χ1v) is 10.0. The molecule has 5 heteroatoms. The fraction of sp³-hybridized carbons (Fsp3) is 0.900. The monoisotopic (exact) mass is 364 g/mol. The summed E-state index contributed by atoms with van der Waals surface area (Å²) in [5.41, 5.74) is 0. The van der Waals surface area contributed by atoms with Crippen molar-refractivity contribution in [2.24, 2.45) is 0 Å². The number of unbranched alkanes of at least 4 members (excludes halogenated alkanes) is 14. The van der Waals surface area contributed by atoms with Crippen LogP contribution < -0.4 is 34.7 Å². The van der Waals surface area contributed by atoms with Crippen molar-refractivity contribution >= 4 is 11.8 Å². The number of carboxylic acid groups (broad SMARTS) is 1. The number of carbonyl (C=O) groups is 2. The molecule has 142 valence electrons. The minimum atomic E-state index is -1.95. The van der Waals surface area contributed by atoms with Crippen LogP contribution in [-0.4, -0.2) is 23.0 Å². The molecule has 0 saturated carbocycles. The number of aliphatic hydroxyl groups is 1. The Labute approximate surface area is 176 Å². The quantitative estimate of drug-likeness (QED) is 0.223. The smallest absolute Gasteiger partial charge is 0.547 e. The molecule has 0 aromatic rings. The van der Waals surface area contributed by atoms with E-state index in [1.165, 1.54) is 77.0 Å². The van der Waals surface area contributed by atoms with Crippen LogP contribution in [0.4, 0.5) is 0 Å². The van der Waals surface area contributed by atoms with Crippen molar-refractivity contribution in [2.45, 2.75) is 116 Å². The van der Waals surface area contributed by atoms with Crippen molar-refractivity contribution in [1.82, 2.24) is 0 Å². The molecule has 1 atom stereocenters. The first-order valence-electron chi connectivity index (χ1n) is 10.0. The Balaban J connectivity index is 0. The molecule has 0 bridgehead atoms. The van der Waals surface area contributed by atoms with Crippen molar-refractivity contribution in [3.8, 4) is 0 Å². The van der Waals surface area contributed by atoms with Crippen molar-refractivity contribution < 1.29 is 49.4 Å². The molecule has 0 amide bonds. The van der Waals surface area contributed by atoms with Crippen LogP contribution in [-0.2, 0) is 9.59 Å². The zero-order valence-corrected chi connectivity index (χ0v) is 18.6. The zero-order valence-electron chi connectivity index (χ0n) is 16.6. The summed E-state index contributed by atoms with van der Waals surface area (Å²) in [4.78, 5) is 21.6. The van der Waals surface area contributed by atoms with Crippen molar-refractivity contribution in [3.63, 3.8) is 0 Å². The maximum absolute atomic E-state index is 11.2. The molecule has 0 aromatic heterocycles. The topological polar surface area (TPSA) is 77.4 Å². The van der Waals surface area contributed by atoms with E-state index in [1.807, 2.05) is 0 Å². The normalized spacial score (nSPS) is 11.8. The second-order valence-corrected chi connectivity index (χ2v) is 6.89. The van der Waals surface area contributed by atoms with E-state index in [9.17, 15) is 14.7 Å². The number of carbonyl (C=O) groups excluding carboxylic acids is 2. The van der Waals surface area contributed by atoms with E-state index in [1.54, 1.807) is 0 Å². The first kappa shape index (κ1) is 27.3. The van der Waals surface area contributed by atoms with Crippen LogP contribution in [0.3, 0.4) is 0 Å². The van der Waals surface area contributed by atoms with Crippen LogP contribution in [0, 0.1) is 0 Å². The summed E-state index contributed by atoms with van der Waals surface area (Å²) in [6.45, 7) is 2.25. The van der Waals surface area contributed by atoms with Gasteiger partial charge < -0.3 is 15.0 Å². The number of rotatable bonds is 18. The average Bonchev–Trinajstić information content (AvgIpc) is 2.57. The summed E-state index contributed by atoms with van der Waals surface area (Å²) in [7, 11) is 0. The van der Waals surface area contributed by atoms with E-state index in [0.717, 1.165) is 12.8 Å². The second kappa shape index (κ2) is 20.4. The van der Waals surface area contributed by atoms with E-state index in [2.05, 4.69) is 6.92 Å². The third kappa shape index (κ3) is 18.7. The van der Waals surface area contributed by atoms with E-state index < -0.39 is 17.9 Å². The van der Waals surface area contributed by atoms with Crippen LogP contribution in [0.1, 0.15) is 110 Å². The van der Waals surface area contributed by atoms with Gasteiger partial charge in [-0.25, -0.2) is 0 Å². The molecular weight excluding hydrogens is 327 g/mol. The number of hydrogen-bond acceptors (Lipinski definition) is 4. The van der Waals surface area contributed by atoms with E-state index in [4.69, 9.17) is 5.11 Å². The Morgan fingerprint density at radius 2 is 1.04 bits per heavy atom. The summed E-state index contributed by atoms with van der Waals surface area (Å²) in [5.74, 6) is -2.33. The summed E-state index contributed by atoms with van der Waals surface area (Å²) in [6.07, 6.45) is 16.9. The number of carboxylic acids is 1. The number of aliphatic hydroxyl groups excluding tert-OH is 1. The SMILES string of the molecule is CCCCCCCCCCCCCCCCCC(=O)C(O)C(=O)[O-].[Na+]. The Bertz CT molecular complexity index is 321. The van der Waals surface area contributed by atoms with Crippen LogP contribution in [0.25, 0.3) is 0 Å². The molecule has 0 spiro atoms. The molecule has 0 aliphatic rings. The summed E-state index contributed by atoms with van der Waals surface area (Å²) in [5, 5.41) is 19.3. The van der Waals surface area contributed by atoms with Crippen molar-refractivity contribution in [2.75, 3.05) is 0 Å². The van der Waals surface area contributed by atoms with Crippen LogP contribution in [0.15, 0.2) is 0 Å². The van der Waals surface area contributed by atoms with Gasteiger partial charge in [0.05, 0.1) is 5.97 Å². The molecule has 4 nitrogen and oxygen atoms in total. The number of hydrogen-bond donors (Lipinski definition) is 1. The van der Waals surface area contributed by atoms with Gasteiger partial charge in [-0.3, -0.25) is 4.79 Å². The molecule has 0 aromatic carbocycles. The first-order chi connectivity index (χ1) is 11.6. The van der Waals surface area contributed by atoms with Gasteiger partial charge in [-0.1, -0.05) is 96.8 Å². The van der Waals surface area contributed by atoms with E-state index in [0.29, 0.717) is 6.42 Å². The maximum atomic E-state index is 11.2. The van der Waals surface area contributed by atoms with Crippen molar-refractivity contribution in [1.29, 1.82) is 0 Å². The third-order valence-electron chi connectivity index (χ3n) is 4.55. The maximum Gasteiger partial charge on any atom is 1.00 e. The zero-order chi connectivity index (χ0) is 18.0. The standard InChI is InChI=1S/C20H38O4.Na/c1-2-3-4-5-6-7-8-9-10-11-12-13-14-15-16-17-18(21)19(22)20(23)24;/h19,22H,2-17H2,1H3,(H,23,24);/q;+1/p-1. The third-order valence-corrected chi connectivity index (χ3v) is 4.55. The number of aliphatic carboxylic acids is 1. The average molecular weight is 365 g/mol. The minimum absolute atomic E-state index is 0. The molecule has 0 heterocycles. The van der Waals surface area contributed by atoms with Gasteiger partial charge in [-0.15, -0.1) is 0 Å². The van der Waals surface area contributed by atoms with Crippen LogP contribution in [0.2, 0.25) is 0 Å². The van der Waals surface area contributed by atoms with Gasteiger partial charge in [-0.05, 0) is 6.42 Å². The molecule has 25 heavy (non-hydrogen) atoms. The molecule has 0 fully saturated rings. The molecule has 1 unspecified atom stereocenters. The van der Waals surface area contributed by atoms with Crippen molar-refractivity contribution in [3.05, 3.63) is 0 Å². The fourth-order valence-corrected chi connectivity index (χ4v) is 2.94. The molecule has 0 rings (SSSR count). The fourth-order valence-electron chi connectivity index (χ4n) is 2.94. The van der Waals surface area contributed by atoms with Gasteiger partial charge >= 0.3 is 29.6 Å². The Morgan fingerprint density at radius 1 is 0.720 bits per heavy atom. The number of ketones is 1. The molecule has 1 N–H and O–H groups in total.